The summed E-state index contributed by atoms with van der Waals surface area (Å²) in [6.07, 6.45) is 8.73. The molecule has 2 heterocycles. The number of nitrogens with zero attached hydrogens (tertiary/aromatic N) is 4. The first-order valence-corrected chi connectivity index (χ1v) is 11.4. The van der Waals surface area contributed by atoms with Crippen molar-refractivity contribution in [3.63, 3.8) is 0 Å². The molecule has 1 fully saturated rings. The molecule has 164 valence electrons. The van der Waals surface area contributed by atoms with E-state index in [0.29, 0.717) is 17.3 Å². The molecule has 0 bridgehead atoms. The van der Waals surface area contributed by atoms with E-state index in [4.69, 9.17) is 20.5 Å². The minimum absolute atomic E-state index is 0.0984. The minimum atomic E-state index is -0.682. The molecule has 32 heavy (non-hydrogen) atoms. The Balaban J connectivity index is 1.65. The van der Waals surface area contributed by atoms with Crippen LogP contribution in [-0.4, -0.2) is 29.7 Å². The number of rotatable bonds is 3. The van der Waals surface area contributed by atoms with Crippen LogP contribution in [0.2, 0.25) is 0 Å². The quantitative estimate of drug-likeness (QED) is 0.786. The Morgan fingerprint density at radius 2 is 2.06 bits per heavy atom. The standard InChI is InChI=1S/C26H29N5O/c1-4-18-11-25(8-7-23(18)32-3)12-20-6-5-19(21-9-17(13-27)14-29-15-21)10-22(20)26(25)30-16(2)24(28)31-26/h5-6,9-10,14-15,18,23H,4,7-8,11-12H2,1-3H3,(H2,28,31)/t18-,23-,25-,26+/m1/s1. The summed E-state index contributed by atoms with van der Waals surface area (Å²) in [5, 5.41) is 9.30. The second kappa shape index (κ2) is 7.53. The molecule has 2 N–H and O–H groups in total. The van der Waals surface area contributed by atoms with Crippen LogP contribution >= 0.6 is 0 Å². The smallest absolute Gasteiger partial charge is 0.184 e. The fraction of sp³-hybridized carbons (Fsp3) is 0.462. The molecule has 0 radical (unpaired) electrons. The highest BCUT2D eigenvalue weighted by Gasteiger charge is 2.62. The Morgan fingerprint density at radius 1 is 1.22 bits per heavy atom. The minimum Gasteiger partial charge on any atom is -0.382 e. The van der Waals surface area contributed by atoms with Crippen molar-refractivity contribution in [2.45, 2.75) is 57.7 Å². The third kappa shape index (κ3) is 2.91. The van der Waals surface area contributed by atoms with Crippen molar-refractivity contribution in [2.75, 3.05) is 7.11 Å². The molecule has 3 aliphatic rings. The second-order valence-corrected chi connectivity index (χ2v) is 9.45. The largest absolute Gasteiger partial charge is 0.382 e. The fourth-order valence-electron chi connectivity index (χ4n) is 6.19. The van der Waals surface area contributed by atoms with Gasteiger partial charge in [-0.1, -0.05) is 25.5 Å². The Labute approximate surface area is 189 Å². The normalized spacial score (nSPS) is 30.8. The maximum absolute atomic E-state index is 9.30. The number of hydrogen-bond acceptors (Lipinski definition) is 6. The Morgan fingerprint density at radius 3 is 2.75 bits per heavy atom. The molecule has 4 atom stereocenters. The first-order chi connectivity index (χ1) is 15.4. The lowest BCUT2D eigenvalue weighted by Crippen LogP contribution is -2.47. The number of hydrogen-bond donors (Lipinski definition) is 1. The number of aromatic nitrogens is 1. The van der Waals surface area contributed by atoms with Crippen LogP contribution in [0.3, 0.4) is 0 Å². The van der Waals surface area contributed by atoms with Gasteiger partial charge in [0.05, 0.1) is 17.4 Å². The van der Waals surface area contributed by atoms with Crippen LogP contribution in [0.4, 0.5) is 0 Å². The van der Waals surface area contributed by atoms with E-state index in [0.717, 1.165) is 54.5 Å². The number of methoxy groups -OCH3 is 1. The van der Waals surface area contributed by atoms with Crippen molar-refractivity contribution in [1.82, 2.24) is 4.98 Å². The zero-order chi connectivity index (χ0) is 22.5. The first-order valence-electron chi connectivity index (χ1n) is 11.4. The Bertz CT molecular complexity index is 1160. The molecule has 2 aliphatic carbocycles. The highest BCUT2D eigenvalue weighted by Crippen LogP contribution is 2.63. The molecule has 6 heteroatoms. The van der Waals surface area contributed by atoms with Crippen molar-refractivity contribution >= 4 is 11.5 Å². The molecule has 5 rings (SSSR count). The van der Waals surface area contributed by atoms with E-state index in [2.05, 4.69) is 36.2 Å². The van der Waals surface area contributed by atoms with Gasteiger partial charge in [-0.3, -0.25) is 9.98 Å². The summed E-state index contributed by atoms with van der Waals surface area (Å²) >= 11 is 0. The van der Waals surface area contributed by atoms with Gasteiger partial charge in [0.25, 0.3) is 0 Å². The lowest BCUT2D eigenvalue weighted by atomic mass is 9.61. The maximum atomic E-state index is 9.30. The Hall–Kier alpha value is -3.04. The van der Waals surface area contributed by atoms with Crippen molar-refractivity contribution in [3.8, 4) is 17.2 Å². The van der Waals surface area contributed by atoms with Crippen LogP contribution in [0.15, 0.2) is 46.6 Å². The number of fused-ring (bicyclic) bond motifs is 3. The van der Waals surface area contributed by atoms with Gasteiger partial charge in [-0.2, -0.15) is 5.26 Å². The van der Waals surface area contributed by atoms with Crippen molar-refractivity contribution in [2.24, 2.45) is 27.1 Å². The van der Waals surface area contributed by atoms with Crippen molar-refractivity contribution in [1.29, 1.82) is 5.26 Å². The van der Waals surface area contributed by atoms with Crippen LogP contribution in [0, 0.1) is 22.7 Å². The molecule has 0 saturated heterocycles. The summed E-state index contributed by atoms with van der Waals surface area (Å²) < 4.78 is 5.84. The van der Waals surface area contributed by atoms with Crippen LogP contribution in [0.5, 0.6) is 0 Å². The molecule has 0 amide bonds. The van der Waals surface area contributed by atoms with Gasteiger partial charge in [-0.25, -0.2) is 4.99 Å². The summed E-state index contributed by atoms with van der Waals surface area (Å²) in [5.41, 5.74) is 11.3. The molecule has 6 nitrogen and oxygen atoms in total. The predicted molar refractivity (Wildman–Crippen MR) is 125 cm³/mol. The average Bonchev–Trinajstić information content (AvgIpc) is 3.26. The highest BCUT2D eigenvalue weighted by atomic mass is 16.5. The van der Waals surface area contributed by atoms with E-state index in [1.807, 2.05) is 20.1 Å². The van der Waals surface area contributed by atoms with Crippen LogP contribution in [0.1, 0.15) is 56.2 Å². The third-order valence-corrected chi connectivity index (χ3v) is 7.85. The lowest BCUT2D eigenvalue weighted by molar-refractivity contribution is -0.0451. The summed E-state index contributed by atoms with van der Waals surface area (Å²) in [6.45, 7) is 4.21. The first kappa shape index (κ1) is 20.8. The number of ether oxygens (including phenoxy) is 1. The van der Waals surface area contributed by atoms with Crippen molar-refractivity contribution < 1.29 is 4.74 Å². The second-order valence-electron chi connectivity index (χ2n) is 9.45. The lowest BCUT2D eigenvalue weighted by Gasteiger charge is -2.47. The zero-order valence-corrected chi connectivity index (χ0v) is 18.9. The molecule has 1 aromatic carbocycles. The van der Waals surface area contributed by atoms with Gasteiger partial charge >= 0.3 is 0 Å². The summed E-state index contributed by atoms with van der Waals surface area (Å²) in [4.78, 5) is 14.5. The van der Waals surface area contributed by atoms with Gasteiger partial charge in [-0.05, 0) is 61.8 Å². The predicted octanol–water partition coefficient (Wildman–Crippen LogP) is 4.37. The summed E-state index contributed by atoms with van der Waals surface area (Å²) in [5.74, 6) is 1.01. The van der Waals surface area contributed by atoms with Gasteiger partial charge < -0.3 is 10.5 Å². The fourth-order valence-corrected chi connectivity index (χ4v) is 6.19. The van der Waals surface area contributed by atoms with Gasteiger partial charge in [0, 0.05) is 36.0 Å². The van der Waals surface area contributed by atoms with Gasteiger partial charge in [-0.15, -0.1) is 0 Å². The van der Waals surface area contributed by atoms with E-state index in [1.54, 1.807) is 12.4 Å². The number of benzene rings is 1. The van der Waals surface area contributed by atoms with E-state index in [-0.39, 0.29) is 11.5 Å². The number of nitriles is 1. The van der Waals surface area contributed by atoms with E-state index < -0.39 is 5.66 Å². The molecule has 2 spiro atoms. The van der Waals surface area contributed by atoms with E-state index in [9.17, 15) is 5.26 Å². The van der Waals surface area contributed by atoms with Crippen LogP contribution in [0.25, 0.3) is 11.1 Å². The molecular formula is C26H29N5O. The Kier molecular flexibility index (Phi) is 4.90. The SMILES string of the molecule is CC[C@@H]1C[C@]2(CC[C@H]1OC)Cc1ccc(-c3cncc(C#N)c3)cc1[C@@]21N=C(C)C(N)=N1. The topological polar surface area (TPSA) is 96.6 Å². The molecule has 2 aromatic rings. The number of aliphatic imine (C=N–C) groups is 2. The maximum Gasteiger partial charge on any atom is 0.184 e. The van der Waals surface area contributed by atoms with Crippen molar-refractivity contribution in [3.05, 3.63) is 53.3 Å². The molecule has 1 saturated carbocycles. The van der Waals surface area contributed by atoms with Crippen LogP contribution < -0.4 is 5.73 Å². The summed E-state index contributed by atoms with van der Waals surface area (Å²) in [6, 6.07) is 10.6. The third-order valence-electron chi connectivity index (χ3n) is 7.85. The van der Waals surface area contributed by atoms with Gasteiger partial charge in [0.15, 0.2) is 5.66 Å². The molecular weight excluding hydrogens is 398 g/mol. The average molecular weight is 428 g/mol. The number of pyridine rings is 1. The number of amidine groups is 1. The van der Waals surface area contributed by atoms with Gasteiger partial charge in [0.1, 0.15) is 11.9 Å². The molecule has 0 unspecified atom stereocenters. The summed E-state index contributed by atoms with van der Waals surface area (Å²) in [7, 11) is 1.83. The number of nitrogens with two attached hydrogens (primary N) is 1. The van der Waals surface area contributed by atoms with Crippen LogP contribution in [-0.2, 0) is 16.8 Å². The monoisotopic (exact) mass is 427 g/mol. The molecule has 1 aromatic heterocycles. The van der Waals surface area contributed by atoms with E-state index >= 15 is 0 Å². The van der Waals surface area contributed by atoms with Gasteiger partial charge in [0.2, 0.25) is 0 Å². The highest BCUT2D eigenvalue weighted by molar-refractivity contribution is 6.41. The molecule has 1 aliphatic heterocycles. The zero-order valence-electron chi connectivity index (χ0n) is 18.9. The van der Waals surface area contributed by atoms with E-state index in [1.165, 1.54) is 5.56 Å².